The number of carbonyl (C=O) groups is 2. The van der Waals surface area contributed by atoms with Gasteiger partial charge in [-0.25, -0.2) is 8.42 Å². The molecule has 0 radical (unpaired) electrons. The van der Waals surface area contributed by atoms with E-state index in [9.17, 15) is 18.0 Å². The van der Waals surface area contributed by atoms with Gasteiger partial charge in [0.1, 0.15) is 12.6 Å². The van der Waals surface area contributed by atoms with Crippen molar-refractivity contribution >= 4 is 27.5 Å². The zero-order chi connectivity index (χ0) is 27.7. The summed E-state index contributed by atoms with van der Waals surface area (Å²) in [4.78, 5) is 29.1. The van der Waals surface area contributed by atoms with Crippen molar-refractivity contribution in [3.8, 4) is 0 Å². The first kappa shape index (κ1) is 28.9. The lowest BCUT2D eigenvalue weighted by atomic mass is 10.0. The average molecular weight is 536 g/mol. The van der Waals surface area contributed by atoms with E-state index in [0.29, 0.717) is 12.1 Å². The Morgan fingerprint density at radius 1 is 0.868 bits per heavy atom. The van der Waals surface area contributed by atoms with Gasteiger partial charge >= 0.3 is 0 Å². The third kappa shape index (κ3) is 8.18. The van der Waals surface area contributed by atoms with Crippen LogP contribution in [0, 0.1) is 6.92 Å². The predicted octanol–water partition coefficient (Wildman–Crippen LogP) is 4.32. The first-order valence-electron chi connectivity index (χ1n) is 12.8. The molecular formula is C30H37N3O4S. The zero-order valence-electron chi connectivity index (χ0n) is 22.5. The maximum absolute atomic E-state index is 14.0. The second kappa shape index (κ2) is 13.2. The Labute approximate surface area is 226 Å². The Hall–Kier alpha value is -3.65. The van der Waals surface area contributed by atoms with Crippen molar-refractivity contribution in [1.82, 2.24) is 10.2 Å². The van der Waals surface area contributed by atoms with E-state index >= 15 is 0 Å². The number of amides is 2. The summed E-state index contributed by atoms with van der Waals surface area (Å²) in [7, 11) is -3.77. The third-order valence-corrected chi connectivity index (χ3v) is 7.61. The Bertz CT molecular complexity index is 1300. The van der Waals surface area contributed by atoms with Crippen LogP contribution in [0.1, 0.15) is 37.0 Å². The molecule has 3 rings (SSSR count). The second-order valence-corrected chi connectivity index (χ2v) is 11.5. The number of rotatable bonds is 12. The number of benzene rings is 3. The zero-order valence-corrected chi connectivity index (χ0v) is 23.3. The van der Waals surface area contributed by atoms with Crippen molar-refractivity contribution in [3.05, 3.63) is 102 Å². The lowest BCUT2D eigenvalue weighted by molar-refractivity contribution is -0.140. The molecular weight excluding hydrogens is 498 g/mol. The van der Waals surface area contributed by atoms with Crippen molar-refractivity contribution in [1.29, 1.82) is 0 Å². The third-order valence-electron chi connectivity index (χ3n) is 6.47. The summed E-state index contributed by atoms with van der Waals surface area (Å²) in [6.45, 7) is 5.63. The molecule has 38 heavy (non-hydrogen) atoms. The van der Waals surface area contributed by atoms with Crippen molar-refractivity contribution in [2.75, 3.05) is 17.1 Å². The van der Waals surface area contributed by atoms with Crippen LogP contribution in [-0.2, 0) is 32.6 Å². The first-order valence-corrected chi connectivity index (χ1v) is 14.7. The minimum atomic E-state index is -3.77. The van der Waals surface area contributed by atoms with E-state index in [1.807, 2.05) is 75.4 Å². The Kier molecular flexibility index (Phi) is 10.1. The number of sulfonamides is 1. The minimum Gasteiger partial charge on any atom is -0.352 e. The van der Waals surface area contributed by atoms with Crippen LogP contribution in [0.5, 0.6) is 0 Å². The van der Waals surface area contributed by atoms with E-state index in [-0.39, 0.29) is 18.5 Å². The van der Waals surface area contributed by atoms with E-state index in [0.717, 1.165) is 33.7 Å². The number of hydrogen-bond acceptors (Lipinski definition) is 4. The normalized spacial score (nSPS) is 12.8. The molecule has 3 aromatic carbocycles. The standard InChI is InChI=1S/C30H37N3O4S/c1-5-24(3)31-30(35)28(20-25-12-8-6-9-13-25)32(21-26-18-16-23(2)17-19-26)29(34)22-33(38(4,36)37)27-14-10-7-11-15-27/h6-19,24,28H,5,20-22H2,1-4H3,(H,31,35)/t24-,28+/m1/s1. The second-order valence-electron chi connectivity index (χ2n) is 9.64. The highest BCUT2D eigenvalue weighted by Crippen LogP contribution is 2.20. The van der Waals surface area contributed by atoms with Crippen LogP contribution < -0.4 is 9.62 Å². The fourth-order valence-corrected chi connectivity index (χ4v) is 4.94. The molecule has 0 spiro atoms. The van der Waals surface area contributed by atoms with Gasteiger partial charge in [0.15, 0.2) is 0 Å². The SMILES string of the molecule is CC[C@@H](C)NC(=O)[C@H](Cc1ccccc1)N(Cc1ccc(C)cc1)C(=O)CN(c1ccccc1)S(C)(=O)=O. The molecule has 0 saturated carbocycles. The molecule has 8 heteroatoms. The van der Waals surface area contributed by atoms with Gasteiger partial charge in [-0.05, 0) is 43.5 Å². The molecule has 0 unspecified atom stereocenters. The molecule has 3 aromatic rings. The fraction of sp³-hybridized carbons (Fsp3) is 0.333. The van der Waals surface area contributed by atoms with Crippen LogP contribution in [0.15, 0.2) is 84.9 Å². The van der Waals surface area contributed by atoms with Gasteiger partial charge in [0.25, 0.3) is 0 Å². The van der Waals surface area contributed by atoms with E-state index in [1.54, 1.807) is 30.3 Å². The van der Waals surface area contributed by atoms with E-state index in [4.69, 9.17) is 0 Å². The van der Waals surface area contributed by atoms with Crippen LogP contribution in [0.2, 0.25) is 0 Å². The molecule has 2 atom stereocenters. The molecule has 0 aliphatic carbocycles. The monoisotopic (exact) mass is 535 g/mol. The number of anilines is 1. The summed E-state index contributed by atoms with van der Waals surface area (Å²) in [5.41, 5.74) is 3.22. The van der Waals surface area contributed by atoms with Gasteiger partial charge in [-0.1, -0.05) is 85.3 Å². The van der Waals surface area contributed by atoms with Gasteiger partial charge in [-0.2, -0.15) is 0 Å². The van der Waals surface area contributed by atoms with Gasteiger partial charge in [-0.15, -0.1) is 0 Å². The molecule has 0 bridgehead atoms. The topological polar surface area (TPSA) is 86.8 Å². The minimum absolute atomic E-state index is 0.0751. The van der Waals surface area contributed by atoms with Crippen molar-refractivity contribution < 1.29 is 18.0 Å². The average Bonchev–Trinajstić information content (AvgIpc) is 2.90. The molecule has 1 N–H and O–H groups in total. The number of nitrogens with one attached hydrogen (secondary N) is 1. The van der Waals surface area contributed by atoms with Crippen LogP contribution >= 0.6 is 0 Å². The van der Waals surface area contributed by atoms with E-state index in [2.05, 4.69) is 5.32 Å². The Balaban J connectivity index is 2.03. The van der Waals surface area contributed by atoms with Gasteiger partial charge in [-0.3, -0.25) is 13.9 Å². The number of aryl methyl sites for hydroxylation is 1. The van der Waals surface area contributed by atoms with Gasteiger partial charge < -0.3 is 10.2 Å². The lowest BCUT2D eigenvalue weighted by Crippen LogP contribution is -2.54. The molecule has 0 fully saturated rings. The van der Waals surface area contributed by atoms with E-state index < -0.39 is 28.5 Å². The maximum Gasteiger partial charge on any atom is 0.244 e. The highest BCUT2D eigenvalue weighted by atomic mass is 32.2. The number of nitrogens with zero attached hydrogens (tertiary/aromatic N) is 2. The fourth-order valence-electron chi connectivity index (χ4n) is 4.09. The van der Waals surface area contributed by atoms with Crippen molar-refractivity contribution in [2.45, 2.75) is 52.2 Å². The van der Waals surface area contributed by atoms with Crippen molar-refractivity contribution in [3.63, 3.8) is 0 Å². The van der Waals surface area contributed by atoms with Crippen LogP contribution in [0.3, 0.4) is 0 Å². The van der Waals surface area contributed by atoms with Gasteiger partial charge in [0.05, 0.1) is 11.9 Å². The molecule has 0 aromatic heterocycles. The predicted molar refractivity (Wildman–Crippen MR) is 152 cm³/mol. The number of carbonyl (C=O) groups excluding carboxylic acids is 2. The number of hydrogen-bond donors (Lipinski definition) is 1. The Morgan fingerprint density at radius 2 is 1.45 bits per heavy atom. The first-order chi connectivity index (χ1) is 18.1. The Morgan fingerprint density at radius 3 is 2.00 bits per heavy atom. The van der Waals surface area contributed by atoms with Crippen LogP contribution in [-0.4, -0.2) is 50.0 Å². The quantitative estimate of drug-likeness (QED) is 0.374. The molecule has 2 amide bonds. The van der Waals surface area contributed by atoms with E-state index in [1.165, 1.54) is 4.90 Å². The summed E-state index contributed by atoms with van der Waals surface area (Å²) in [5.74, 6) is -0.727. The summed E-state index contributed by atoms with van der Waals surface area (Å²) in [6.07, 6.45) is 2.12. The molecule has 0 heterocycles. The highest BCUT2D eigenvalue weighted by molar-refractivity contribution is 7.92. The summed E-state index contributed by atoms with van der Waals surface area (Å²) < 4.78 is 26.6. The largest absolute Gasteiger partial charge is 0.352 e. The molecule has 0 aliphatic rings. The highest BCUT2D eigenvalue weighted by Gasteiger charge is 2.33. The van der Waals surface area contributed by atoms with Crippen molar-refractivity contribution in [2.24, 2.45) is 0 Å². The molecule has 0 aliphatic heterocycles. The lowest BCUT2D eigenvalue weighted by Gasteiger charge is -2.34. The van der Waals surface area contributed by atoms with Gasteiger partial charge in [0.2, 0.25) is 21.8 Å². The summed E-state index contributed by atoms with van der Waals surface area (Å²) >= 11 is 0. The molecule has 0 saturated heterocycles. The summed E-state index contributed by atoms with van der Waals surface area (Å²) in [5, 5.41) is 3.03. The van der Waals surface area contributed by atoms with Crippen LogP contribution in [0.4, 0.5) is 5.69 Å². The number of para-hydroxylation sites is 1. The summed E-state index contributed by atoms with van der Waals surface area (Å²) in [6, 6.07) is 24.9. The van der Waals surface area contributed by atoms with Gasteiger partial charge in [0, 0.05) is 19.0 Å². The molecule has 202 valence electrons. The van der Waals surface area contributed by atoms with Crippen LogP contribution in [0.25, 0.3) is 0 Å². The molecule has 7 nitrogen and oxygen atoms in total. The maximum atomic E-state index is 14.0. The smallest absolute Gasteiger partial charge is 0.244 e.